The molecule has 1 aromatic carbocycles. The molecule has 0 saturated heterocycles. The predicted molar refractivity (Wildman–Crippen MR) is 52.9 cm³/mol. The van der Waals surface area contributed by atoms with Gasteiger partial charge in [-0.25, -0.2) is 0 Å². The molecule has 0 aliphatic rings. The molecule has 0 fully saturated rings. The quantitative estimate of drug-likeness (QED) is 0.575. The molecule has 0 atom stereocenters. The van der Waals surface area contributed by atoms with Crippen LogP contribution >= 0.6 is 11.5 Å². The van der Waals surface area contributed by atoms with E-state index in [9.17, 15) is 20.2 Å². The Morgan fingerprint density at radius 3 is 2.53 bits per heavy atom. The van der Waals surface area contributed by atoms with Crippen LogP contribution in [0.4, 0.5) is 11.4 Å². The molecule has 0 bridgehead atoms. The molecule has 0 saturated carbocycles. The van der Waals surface area contributed by atoms with Crippen molar-refractivity contribution in [3.63, 3.8) is 0 Å². The van der Waals surface area contributed by atoms with Crippen molar-refractivity contribution in [3.05, 3.63) is 37.7 Å². The van der Waals surface area contributed by atoms with E-state index in [1.807, 2.05) is 0 Å². The third-order valence-corrected chi connectivity index (χ3v) is 2.49. The Morgan fingerprint density at radius 1 is 1.20 bits per heavy atom. The summed E-state index contributed by atoms with van der Waals surface area (Å²) in [6.07, 6.45) is 0. The zero-order valence-corrected chi connectivity index (χ0v) is 7.93. The van der Waals surface area contributed by atoms with Crippen LogP contribution in [0.15, 0.2) is 17.5 Å². The molecule has 0 radical (unpaired) electrons. The minimum absolute atomic E-state index is 0.279. The number of rotatable bonds is 2. The van der Waals surface area contributed by atoms with Gasteiger partial charge >= 0.3 is 0 Å². The molecule has 1 aromatic heterocycles. The summed E-state index contributed by atoms with van der Waals surface area (Å²) >= 11 is 1.03. The number of nitrogens with zero attached hydrogens (tertiary/aromatic N) is 3. The molecule has 0 aliphatic heterocycles. The second-order valence-corrected chi connectivity index (χ2v) is 3.36. The number of hydrogen-bond acceptors (Lipinski definition) is 6. The lowest BCUT2D eigenvalue weighted by molar-refractivity contribution is -0.393. The second kappa shape index (κ2) is 3.24. The van der Waals surface area contributed by atoms with E-state index < -0.39 is 9.85 Å². The van der Waals surface area contributed by atoms with E-state index in [4.69, 9.17) is 0 Å². The Kier molecular flexibility index (Phi) is 2.05. The number of aromatic nitrogens is 1. The van der Waals surface area contributed by atoms with E-state index in [0.717, 1.165) is 17.6 Å². The SMILES string of the molecule is O=[N+]([O-])c1cc([N+](=O)[O-])c2csnc2c1. The Balaban J connectivity index is 2.80. The lowest BCUT2D eigenvalue weighted by atomic mass is 10.2. The van der Waals surface area contributed by atoms with E-state index >= 15 is 0 Å². The lowest BCUT2D eigenvalue weighted by Gasteiger charge is -1.94. The van der Waals surface area contributed by atoms with Gasteiger partial charge < -0.3 is 0 Å². The van der Waals surface area contributed by atoms with Gasteiger partial charge in [0, 0.05) is 11.4 Å². The number of fused-ring (bicyclic) bond motifs is 1. The first-order valence-corrected chi connectivity index (χ1v) is 4.60. The van der Waals surface area contributed by atoms with Gasteiger partial charge in [-0.15, -0.1) is 0 Å². The van der Waals surface area contributed by atoms with Crippen LogP contribution in [-0.2, 0) is 0 Å². The van der Waals surface area contributed by atoms with Crippen molar-refractivity contribution >= 4 is 33.8 Å². The van der Waals surface area contributed by atoms with Gasteiger partial charge in [0.15, 0.2) is 0 Å². The molecular weight excluding hydrogens is 222 g/mol. The highest BCUT2D eigenvalue weighted by atomic mass is 32.1. The third kappa shape index (κ3) is 1.50. The zero-order chi connectivity index (χ0) is 11.0. The smallest absolute Gasteiger partial charge is 0.258 e. The van der Waals surface area contributed by atoms with Crippen molar-refractivity contribution in [2.45, 2.75) is 0 Å². The van der Waals surface area contributed by atoms with Crippen LogP contribution < -0.4 is 0 Å². The molecule has 2 aromatic rings. The van der Waals surface area contributed by atoms with E-state index in [0.29, 0.717) is 5.39 Å². The second-order valence-electron chi connectivity index (χ2n) is 2.73. The average molecular weight is 225 g/mol. The average Bonchev–Trinajstić information content (AvgIpc) is 2.62. The normalized spacial score (nSPS) is 10.4. The maximum absolute atomic E-state index is 10.6. The molecule has 0 N–H and O–H groups in total. The monoisotopic (exact) mass is 225 g/mol. The van der Waals surface area contributed by atoms with Crippen molar-refractivity contribution in [2.24, 2.45) is 0 Å². The van der Waals surface area contributed by atoms with Crippen molar-refractivity contribution in [1.29, 1.82) is 0 Å². The van der Waals surface area contributed by atoms with Gasteiger partial charge in [0.2, 0.25) is 0 Å². The molecular formula is C7H3N3O4S. The summed E-state index contributed by atoms with van der Waals surface area (Å²) in [7, 11) is 0. The largest absolute Gasteiger partial charge is 0.286 e. The molecule has 0 spiro atoms. The van der Waals surface area contributed by atoms with E-state index in [1.165, 1.54) is 11.4 Å². The van der Waals surface area contributed by atoms with Crippen LogP contribution in [-0.4, -0.2) is 14.2 Å². The van der Waals surface area contributed by atoms with E-state index in [2.05, 4.69) is 4.37 Å². The molecule has 0 amide bonds. The summed E-state index contributed by atoms with van der Waals surface area (Å²) in [5.41, 5.74) is -0.325. The number of hydrogen-bond donors (Lipinski definition) is 0. The highest BCUT2D eigenvalue weighted by Gasteiger charge is 2.20. The number of nitro groups is 2. The fourth-order valence-electron chi connectivity index (χ4n) is 1.20. The number of non-ortho nitro benzene ring substituents is 2. The summed E-state index contributed by atoms with van der Waals surface area (Å²) in [6.45, 7) is 0. The Hall–Kier alpha value is -2.09. The fourth-order valence-corrected chi connectivity index (χ4v) is 1.86. The highest BCUT2D eigenvalue weighted by Crippen LogP contribution is 2.31. The lowest BCUT2D eigenvalue weighted by Crippen LogP contribution is -1.93. The molecule has 8 heteroatoms. The fraction of sp³-hybridized carbons (Fsp3) is 0. The summed E-state index contributed by atoms with van der Waals surface area (Å²) in [4.78, 5) is 19.8. The van der Waals surface area contributed by atoms with Crippen molar-refractivity contribution in [2.75, 3.05) is 0 Å². The van der Waals surface area contributed by atoms with Gasteiger partial charge in [0.1, 0.15) is 0 Å². The minimum Gasteiger partial charge on any atom is -0.258 e. The van der Waals surface area contributed by atoms with Crippen LogP contribution in [0, 0.1) is 20.2 Å². The maximum atomic E-state index is 10.6. The van der Waals surface area contributed by atoms with Crippen LogP contribution in [0.3, 0.4) is 0 Å². The standard InChI is InChI=1S/C7H3N3O4S/c11-9(12)4-1-6-5(3-15-8-6)7(2-4)10(13)14/h1-3H. The molecule has 0 unspecified atom stereocenters. The van der Waals surface area contributed by atoms with Gasteiger partial charge in [-0.3, -0.25) is 20.2 Å². The van der Waals surface area contributed by atoms with Crippen molar-refractivity contribution in [1.82, 2.24) is 4.37 Å². The summed E-state index contributed by atoms with van der Waals surface area (Å²) in [5.74, 6) is 0. The molecule has 76 valence electrons. The molecule has 0 aliphatic carbocycles. The van der Waals surface area contributed by atoms with Gasteiger partial charge in [-0.1, -0.05) is 0 Å². The first-order chi connectivity index (χ1) is 7.09. The zero-order valence-electron chi connectivity index (χ0n) is 7.11. The molecule has 15 heavy (non-hydrogen) atoms. The third-order valence-electron chi connectivity index (χ3n) is 1.85. The van der Waals surface area contributed by atoms with Crippen molar-refractivity contribution < 1.29 is 9.85 Å². The van der Waals surface area contributed by atoms with Crippen LogP contribution in [0.2, 0.25) is 0 Å². The Morgan fingerprint density at radius 2 is 1.93 bits per heavy atom. The number of benzene rings is 1. The van der Waals surface area contributed by atoms with Gasteiger partial charge in [0.05, 0.1) is 26.8 Å². The molecule has 1 heterocycles. The maximum Gasteiger partial charge on any atom is 0.286 e. The van der Waals surface area contributed by atoms with E-state index in [-0.39, 0.29) is 16.9 Å². The predicted octanol–water partition coefficient (Wildman–Crippen LogP) is 2.11. The first kappa shape index (κ1) is 9.46. The van der Waals surface area contributed by atoms with E-state index in [1.54, 1.807) is 0 Å². The highest BCUT2D eigenvalue weighted by molar-refractivity contribution is 7.04. The van der Waals surface area contributed by atoms with Gasteiger partial charge in [-0.05, 0) is 11.5 Å². The van der Waals surface area contributed by atoms with Gasteiger partial charge in [-0.2, -0.15) is 4.37 Å². The summed E-state index contributed by atoms with van der Waals surface area (Å²) < 4.78 is 3.84. The molecule has 7 nitrogen and oxygen atoms in total. The topological polar surface area (TPSA) is 99.2 Å². The summed E-state index contributed by atoms with van der Waals surface area (Å²) in [6, 6.07) is 2.16. The van der Waals surface area contributed by atoms with Crippen LogP contribution in [0.25, 0.3) is 10.9 Å². The van der Waals surface area contributed by atoms with Crippen molar-refractivity contribution in [3.8, 4) is 0 Å². The Bertz CT molecular complexity index is 564. The Labute approximate surface area is 86.4 Å². The summed E-state index contributed by atoms with van der Waals surface area (Å²) in [5, 5.41) is 23.0. The molecule has 2 rings (SSSR count). The van der Waals surface area contributed by atoms with Gasteiger partial charge in [0.25, 0.3) is 11.4 Å². The minimum atomic E-state index is -0.675. The van der Waals surface area contributed by atoms with Crippen LogP contribution in [0.1, 0.15) is 0 Å². The first-order valence-electron chi connectivity index (χ1n) is 3.76. The number of nitro benzene ring substituents is 2. The van der Waals surface area contributed by atoms with Crippen LogP contribution in [0.5, 0.6) is 0 Å².